The molecule has 1 aromatic rings. The number of nitrogens with one attached hydrogen (secondary N) is 1. The third-order valence-electron chi connectivity index (χ3n) is 3.34. The molecule has 1 aliphatic heterocycles. The maximum Gasteiger partial charge on any atom is 0.242 e. The third kappa shape index (κ3) is 3.89. The van der Waals surface area contributed by atoms with Gasteiger partial charge in [-0.25, -0.2) is 18.1 Å². The summed E-state index contributed by atoms with van der Waals surface area (Å²) in [6.45, 7) is 4.54. The number of sulfonamides is 1. The van der Waals surface area contributed by atoms with E-state index < -0.39 is 10.0 Å². The van der Waals surface area contributed by atoms with Gasteiger partial charge < -0.3 is 0 Å². The monoisotopic (exact) mass is 303 g/mol. The SMILES string of the molecule is CC(CNS(=O)(=O)c1ccc(Cl)nc1)N1CCCC1. The Morgan fingerprint density at radius 3 is 2.68 bits per heavy atom. The molecule has 0 saturated carbocycles. The lowest BCUT2D eigenvalue weighted by molar-refractivity contribution is 0.260. The fraction of sp³-hybridized carbons (Fsp3) is 0.583. The lowest BCUT2D eigenvalue weighted by Gasteiger charge is -2.23. The normalized spacial score (nSPS) is 18.6. The van der Waals surface area contributed by atoms with Crippen LogP contribution >= 0.6 is 11.6 Å². The van der Waals surface area contributed by atoms with Gasteiger partial charge in [0.2, 0.25) is 10.0 Å². The largest absolute Gasteiger partial charge is 0.299 e. The summed E-state index contributed by atoms with van der Waals surface area (Å²) in [5.41, 5.74) is 0. The zero-order valence-corrected chi connectivity index (χ0v) is 12.4. The molecule has 106 valence electrons. The van der Waals surface area contributed by atoms with Crippen molar-refractivity contribution in [2.45, 2.75) is 30.7 Å². The summed E-state index contributed by atoms with van der Waals surface area (Å²) in [7, 11) is -3.50. The van der Waals surface area contributed by atoms with Crippen LogP contribution in [0.15, 0.2) is 23.2 Å². The van der Waals surface area contributed by atoms with Gasteiger partial charge >= 0.3 is 0 Å². The van der Waals surface area contributed by atoms with Crippen molar-refractivity contribution < 1.29 is 8.42 Å². The van der Waals surface area contributed by atoms with Crippen LogP contribution in [0.25, 0.3) is 0 Å². The molecule has 0 aromatic carbocycles. The van der Waals surface area contributed by atoms with Gasteiger partial charge in [0.25, 0.3) is 0 Å². The maximum atomic E-state index is 12.1. The van der Waals surface area contributed by atoms with Gasteiger partial charge in [0, 0.05) is 18.8 Å². The van der Waals surface area contributed by atoms with Gasteiger partial charge in [-0.05, 0) is 45.0 Å². The molecular weight excluding hydrogens is 286 g/mol. The molecule has 2 heterocycles. The molecule has 0 aliphatic carbocycles. The van der Waals surface area contributed by atoms with Crippen molar-refractivity contribution in [2.75, 3.05) is 19.6 Å². The number of likely N-dealkylation sites (tertiary alicyclic amines) is 1. The first kappa shape index (κ1) is 14.7. The van der Waals surface area contributed by atoms with Crippen LogP contribution in [0, 0.1) is 0 Å². The number of nitrogens with zero attached hydrogens (tertiary/aromatic N) is 2. The molecular formula is C12H18ClN3O2S. The molecule has 1 unspecified atom stereocenters. The standard InChI is InChI=1S/C12H18ClN3O2S/c1-10(16-6-2-3-7-16)8-15-19(17,18)11-4-5-12(13)14-9-11/h4-5,9-10,15H,2-3,6-8H2,1H3. The number of halogens is 1. The topological polar surface area (TPSA) is 62.3 Å². The Hall–Kier alpha value is -0.690. The van der Waals surface area contributed by atoms with Crippen LogP contribution in [0.2, 0.25) is 5.15 Å². The van der Waals surface area contributed by atoms with E-state index in [2.05, 4.69) is 14.6 Å². The van der Waals surface area contributed by atoms with Gasteiger partial charge in [0.1, 0.15) is 10.0 Å². The minimum atomic E-state index is -3.50. The fourth-order valence-electron chi connectivity index (χ4n) is 2.15. The Kier molecular flexibility index (Phi) is 4.78. The van der Waals surface area contributed by atoms with Gasteiger partial charge in [0.15, 0.2) is 0 Å². The van der Waals surface area contributed by atoms with Crippen molar-refractivity contribution in [3.63, 3.8) is 0 Å². The highest BCUT2D eigenvalue weighted by Crippen LogP contribution is 2.13. The van der Waals surface area contributed by atoms with Crippen molar-refractivity contribution in [1.82, 2.24) is 14.6 Å². The van der Waals surface area contributed by atoms with E-state index in [1.807, 2.05) is 6.92 Å². The van der Waals surface area contributed by atoms with E-state index >= 15 is 0 Å². The van der Waals surface area contributed by atoms with Crippen LogP contribution in [-0.4, -0.2) is 44.0 Å². The Bertz CT molecular complexity index is 512. The summed E-state index contributed by atoms with van der Waals surface area (Å²) in [5, 5.41) is 0.282. The maximum absolute atomic E-state index is 12.1. The van der Waals surface area contributed by atoms with Gasteiger partial charge in [-0.2, -0.15) is 0 Å². The van der Waals surface area contributed by atoms with E-state index in [4.69, 9.17) is 11.6 Å². The molecule has 7 heteroatoms. The van der Waals surface area contributed by atoms with E-state index in [0.717, 1.165) is 13.1 Å². The van der Waals surface area contributed by atoms with Gasteiger partial charge in [-0.15, -0.1) is 0 Å². The number of rotatable bonds is 5. The fourth-order valence-corrected chi connectivity index (χ4v) is 3.32. The van der Waals surface area contributed by atoms with E-state index in [9.17, 15) is 8.42 Å². The number of pyridine rings is 1. The second-order valence-electron chi connectivity index (χ2n) is 4.76. The minimum absolute atomic E-state index is 0.144. The lowest BCUT2D eigenvalue weighted by atomic mass is 10.3. The molecule has 19 heavy (non-hydrogen) atoms. The average molecular weight is 304 g/mol. The summed E-state index contributed by atoms with van der Waals surface area (Å²) in [6.07, 6.45) is 3.65. The van der Waals surface area contributed by atoms with Crippen LogP contribution in [0.5, 0.6) is 0 Å². The molecule has 1 saturated heterocycles. The molecule has 1 fully saturated rings. The van der Waals surface area contributed by atoms with Crippen molar-refractivity contribution in [2.24, 2.45) is 0 Å². The van der Waals surface area contributed by atoms with E-state index in [1.54, 1.807) is 0 Å². The zero-order chi connectivity index (χ0) is 13.9. The Morgan fingerprint density at radius 2 is 2.11 bits per heavy atom. The van der Waals surface area contributed by atoms with E-state index in [1.165, 1.54) is 31.2 Å². The van der Waals surface area contributed by atoms with Crippen molar-refractivity contribution in [3.8, 4) is 0 Å². The number of hydrogen-bond donors (Lipinski definition) is 1. The van der Waals surface area contributed by atoms with E-state index in [-0.39, 0.29) is 16.1 Å². The minimum Gasteiger partial charge on any atom is -0.299 e. The molecule has 1 aliphatic rings. The Labute approximate surface area is 119 Å². The van der Waals surface area contributed by atoms with Crippen molar-refractivity contribution in [1.29, 1.82) is 0 Å². The number of hydrogen-bond acceptors (Lipinski definition) is 4. The van der Waals surface area contributed by atoms with Crippen LogP contribution in [0.4, 0.5) is 0 Å². The average Bonchev–Trinajstić information content (AvgIpc) is 2.90. The summed E-state index contributed by atoms with van der Waals surface area (Å²) in [6, 6.07) is 3.13. The first-order chi connectivity index (χ1) is 8.99. The predicted molar refractivity (Wildman–Crippen MR) is 74.7 cm³/mol. The van der Waals surface area contributed by atoms with Gasteiger partial charge in [0.05, 0.1) is 0 Å². The van der Waals surface area contributed by atoms with Crippen LogP contribution in [0.1, 0.15) is 19.8 Å². The first-order valence-electron chi connectivity index (χ1n) is 6.34. The van der Waals surface area contributed by atoms with Gasteiger partial charge in [-0.3, -0.25) is 4.90 Å². The molecule has 2 rings (SSSR count). The molecule has 1 atom stereocenters. The molecule has 0 spiro atoms. The molecule has 0 bridgehead atoms. The second kappa shape index (κ2) is 6.17. The molecule has 5 nitrogen and oxygen atoms in total. The summed E-state index contributed by atoms with van der Waals surface area (Å²) in [4.78, 5) is 6.22. The van der Waals surface area contributed by atoms with Crippen LogP contribution in [0.3, 0.4) is 0 Å². The zero-order valence-electron chi connectivity index (χ0n) is 10.8. The third-order valence-corrected chi connectivity index (χ3v) is 4.98. The smallest absolute Gasteiger partial charge is 0.242 e. The summed E-state index contributed by atoms with van der Waals surface area (Å²) in [5.74, 6) is 0. The Balaban J connectivity index is 1.95. The van der Waals surface area contributed by atoms with Crippen LogP contribution in [-0.2, 0) is 10.0 Å². The first-order valence-corrected chi connectivity index (χ1v) is 8.20. The number of aromatic nitrogens is 1. The molecule has 1 N–H and O–H groups in total. The summed E-state index contributed by atoms with van der Waals surface area (Å²) >= 11 is 5.64. The Morgan fingerprint density at radius 1 is 1.42 bits per heavy atom. The lowest BCUT2D eigenvalue weighted by Crippen LogP contribution is -2.40. The second-order valence-corrected chi connectivity index (χ2v) is 6.91. The van der Waals surface area contributed by atoms with Crippen molar-refractivity contribution in [3.05, 3.63) is 23.5 Å². The molecule has 0 radical (unpaired) electrons. The van der Waals surface area contributed by atoms with Crippen LogP contribution < -0.4 is 4.72 Å². The molecule has 1 aromatic heterocycles. The summed E-state index contributed by atoms with van der Waals surface area (Å²) < 4.78 is 26.7. The van der Waals surface area contributed by atoms with E-state index in [0.29, 0.717) is 6.54 Å². The molecule has 0 amide bonds. The highest BCUT2D eigenvalue weighted by molar-refractivity contribution is 7.89. The highest BCUT2D eigenvalue weighted by atomic mass is 35.5. The quantitative estimate of drug-likeness (QED) is 0.837. The van der Waals surface area contributed by atoms with Gasteiger partial charge in [-0.1, -0.05) is 11.6 Å². The van der Waals surface area contributed by atoms with Crippen molar-refractivity contribution >= 4 is 21.6 Å². The highest BCUT2D eigenvalue weighted by Gasteiger charge is 2.21. The predicted octanol–water partition coefficient (Wildman–Crippen LogP) is 1.50.